The summed E-state index contributed by atoms with van der Waals surface area (Å²) in [7, 11) is 3.37. The van der Waals surface area contributed by atoms with E-state index in [0.717, 1.165) is 25.2 Å². The standard InChI is InChI=1S/C18H20N6O2/c1-22(2)17(25)13-6-7-14-16(20-13)24(12-8-10-23(14)11-12)18(26)21-15-5-3-4-9-19-15/h3-7,9,12H,8,10-11H2,1-2H3,(H,19,21,26)/t12-/m0/s1. The minimum absolute atomic E-state index is 0.0309. The van der Waals surface area contributed by atoms with Crippen LogP contribution >= 0.6 is 0 Å². The van der Waals surface area contributed by atoms with Crippen molar-refractivity contribution >= 4 is 29.3 Å². The molecule has 0 saturated carbocycles. The molecule has 8 nitrogen and oxygen atoms in total. The van der Waals surface area contributed by atoms with E-state index in [1.807, 2.05) is 12.1 Å². The Bertz CT molecular complexity index is 854. The number of anilines is 3. The van der Waals surface area contributed by atoms with Crippen molar-refractivity contribution in [1.82, 2.24) is 14.9 Å². The lowest BCUT2D eigenvalue weighted by Gasteiger charge is -2.35. The smallest absolute Gasteiger partial charge is 0.329 e. The number of nitrogens with zero attached hydrogens (tertiary/aromatic N) is 5. The SMILES string of the molecule is CN(C)C(=O)c1ccc2c(n1)N(C(=O)Nc1ccccn1)[C@H]1CCN2C1. The number of fused-ring (bicyclic) bond motifs is 4. The fourth-order valence-corrected chi connectivity index (χ4v) is 3.43. The van der Waals surface area contributed by atoms with Crippen LogP contribution in [0, 0.1) is 0 Å². The first-order chi connectivity index (χ1) is 12.5. The molecule has 0 spiro atoms. The molecule has 2 aliphatic heterocycles. The molecule has 4 heterocycles. The minimum atomic E-state index is -0.279. The largest absolute Gasteiger partial charge is 0.366 e. The van der Waals surface area contributed by atoms with Crippen molar-refractivity contribution in [3.8, 4) is 0 Å². The molecular weight excluding hydrogens is 332 g/mol. The van der Waals surface area contributed by atoms with Crippen LogP contribution in [0.15, 0.2) is 36.5 Å². The molecule has 8 heteroatoms. The zero-order valence-electron chi connectivity index (χ0n) is 14.7. The number of rotatable bonds is 2. The summed E-state index contributed by atoms with van der Waals surface area (Å²) in [5.41, 5.74) is 1.21. The van der Waals surface area contributed by atoms with Gasteiger partial charge in [-0.1, -0.05) is 6.07 Å². The van der Waals surface area contributed by atoms with Crippen LogP contribution in [-0.2, 0) is 0 Å². The molecule has 1 N–H and O–H groups in total. The molecule has 4 rings (SSSR count). The monoisotopic (exact) mass is 352 g/mol. The predicted octanol–water partition coefficient (Wildman–Crippen LogP) is 1.81. The van der Waals surface area contributed by atoms with Gasteiger partial charge in [0.1, 0.15) is 11.5 Å². The van der Waals surface area contributed by atoms with Gasteiger partial charge in [0.2, 0.25) is 0 Å². The Morgan fingerprint density at radius 2 is 2.08 bits per heavy atom. The summed E-state index contributed by atoms with van der Waals surface area (Å²) in [6.45, 7) is 1.64. The number of hydrogen-bond acceptors (Lipinski definition) is 5. The van der Waals surface area contributed by atoms with Crippen LogP contribution in [0.25, 0.3) is 0 Å². The summed E-state index contributed by atoms with van der Waals surface area (Å²) in [6.07, 6.45) is 2.49. The number of hydrogen-bond donors (Lipinski definition) is 1. The minimum Gasteiger partial charge on any atom is -0.366 e. The number of aromatic nitrogens is 2. The second-order valence-electron chi connectivity index (χ2n) is 6.64. The van der Waals surface area contributed by atoms with E-state index in [9.17, 15) is 9.59 Å². The first kappa shape index (κ1) is 16.3. The lowest BCUT2D eigenvalue weighted by molar-refractivity contribution is 0.0822. The molecule has 2 bridgehead atoms. The van der Waals surface area contributed by atoms with Gasteiger partial charge in [0.25, 0.3) is 5.91 Å². The summed E-state index contributed by atoms with van der Waals surface area (Å²) in [4.78, 5) is 39.3. The van der Waals surface area contributed by atoms with Crippen LogP contribution < -0.4 is 15.1 Å². The van der Waals surface area contributed by atoms with Crippen LogP contribution in [0.4, 0.5) is 22.1 Å². The Morgan fingerprint density at radius 1 is 1.23 bits per heavy atom. The van der Waals surface area contributed by atoms with Crippen LogP contribution in [0.3, 0.4) is 0 Å². The van der Waals surface area contributed by atoms with Gasteiger partial charge in [-0.15, -0.1) is 0 Å². The molecule has 134 valence electrons. The van der Waals surface area contributed by atoms with Crippen LogP contribution in [-0.4, -0.2) is 60.0 Å². The van der Waals surface area contributed by atoms with E-state index < -0.39 is 0 Å². The van der Waals surface area contributed by atoms with Gasteiger partial charge >= 0.3 is 6.03 Å². The predicted molar refractivity (Wildman–Crippen MR) is 98.6 cm³/mol. The molecule has 0 aromatic carbocycles. The quantitative estimate of drug-likeness (QED) is 0.891. The van der Waals surface area contributed by atoms with E-state index >= 15 is 0 Å². The number of carbonyl (C=O) groups is 2. The fraction of sp³-hybridized carbons (Fsp3) is 0.333. The number of urea groups is 1. The topological polar surface area (TPSA) is 81.7 Å². The molecule has 3 amide bonds. The molecule has 2 aromatic rings. The van der Waals surface area contributed by atoms with Gasteiger partial charge in [-0.05, 0) is 30.7 Å². The van der Waals surface area contributed by atoms with Crippen molar-refractivity contribution in [3.05, 3.63) is 42.2 Å². The fourth-order valence-electron chi connectivity index (χ4n) is 3.43. The van der Waals surface area contributed by atoms with Gasteiger partial charge in [0.15, 0.2) is 5.82 Å². The van der Waals surface area contributed by atoms with Crippen LogP contribution in [0.5, 0.6) is 0 Å². The van der Waals surface area contributed by atoms with E-state index in [-0.39, 0.29) is 18.0 Å². The van der Waals surface area contributed by atoms with Crippen molar-refractivity contribution < 1.29 is 9.59 Å². The molecule has 1 atom stereocenters. The molecule has 0 radical (unpaired) electrons. The number of nitrogens with one attached hydrogen (secondary N) is 1. The molecule has 1 fully saturated rings. The van der Waals surface area contributed by atoms with Gasteiger partial charge in [-0.3, -0.25) is 15.0 Å². The number of pyridine rings is 2. The highest BCUT2D eigenvalue weighted by Gasteiger charge is 2.40. The van der Waals surface area contributed by atoms with E-state index in [0.29, 0.717) is 17.3 Å². The maximum absolute atomic E-state index is 13.0. The Morgan fingerprint density at radius 3 is 2.81 bits per heavy atom. The molecule has 0 aliphatic carbocycles. The van der Waals surface area contributed by atoms with Crippen molar-refractivity contribution in [3.63, 3.8) is 0 Å². The van der Waals surface area contributed by atoms with Crippen molar-refractivity contribution in [2.45, 2.75) is 12.5 Å². The Balaban J connectivity index is 1.71. The van der Waals surface area contributed by atoms with E-state index in [2.05, 4.69) is 20.2 Å². The summed E-state index contributed by atoms with van der Waals surface area (Å²) < 4.78 is 0. The first-order valence-corrected chi connectivity index (χ1v) is 8.53. The lowest BCUT2D eigenvalue weighted by Crippen LogP contribution is -2.48. The molecule has 26 heavy (non-hydrogen) atoms. The second-order valence-corrected chi connectivity index (χ2v) is 6.64. The lowest BCUT2D eigenvalue weighted by atomic mass is 10.1. The molecule has 0 unspecified atom stereocenters. The maximum Gasteiger partial charge on any atom is 0.329 e. The first-order valence-electron chi connectivity index (χ1n) is 8.53. The summed E-state index contributed by atoms with van der Waals surface area (Å²) in [6, 6.07) is 8.69. The van der Waals surface area contributed by atoms with Gasteiger partial charge in [0.05, 0.1) is 11.7 Å². The van der Waals surface area contributed by atoms with E-state index in [1.165, 1.54) is 4.90 Å². The van der Waals surface area contributed by atoms with Gasteiger partial charge in [-0.2, -0.15) is 0 Å². The Hall–Kier alpha value is -3.16. The van der Waals surface area contributed by atoms with Crippen molar-refractivity contribution in [2.24, 2.45) is 0 Å². The van der Waals surface area contributed by atoms with Gasteiger partial charge in [-0.25, -0.2) is 14.8 Å². The average molecular weight is 352 g/mol. The third kappa shape index (κ3) is 2.73. The Labute approximate surface area is 151 Å². The third-order valence-corrected chi connectivity index (χ3v) is 4.70. The number of amides is 3. The van der Waals surface area contributed by atoms with Crippen molar-refractivity contribution in [1.29, 1.82) is 0 Å². The molecule has 2 aliphatic rings. The highest BCUT2D eigenvalue weighted by Crippen LogP contribution is 2.39. The average Bonchev–Trinajstić information content (AvgIpc) is 3.06. The van der Waals surface area contributed by atoms with Crippen molar-refractivity contribution in [2.75, 3.05) is 42.3 Å². The number of carbonyl (C=O) groups excluding carboxylic acids is 2. The highest BCUT2D eigenvalue weighted by atomic mass is 16.2. The maximum atomic E-state index is 13.0. The normalized spacial score (nSPS) is 17.7. The summed E-state index contributed by atoms with van der Waals surface area (Å²) in [5.74, 6) is 0.825. The van der Waals surface area contributed by atoms with Crippen LogP contribution in [0.2, 0.25) is 0 Å². The highest BCUT2D eigenvalue weighted by molar-refractivity contribution is 6.04. The summed E-state index contributed by atoms with van der Waals surface area (Å²) in [5, 5.41) is 2.83. The molecule has 1 saturated heterocycles. The van der Waals surface area contributed by atoms with E-state index in [4.69, 9.17) is 0 Å². The zero-order chi connectivity index (χ0) is 18.3. The third-order valence-electron chi connectivity index (χ3n) is 4.70. The van der Waals surface area contributed by atoms with E-state index in [1.54, 1.807) is 43.4 Å². The molecular formula is C18H20N6O2. The van der Waals surface area contributed by atoms with Crippen LogP contribution in [0.1, 0.15) is 16.9 Å². The Kier molecular flexibility index (Phi) is 3.95. The van der Waals surface area contributed by atoms with Gasteiger partial charge < -0.3 is 9.80 Å². The second kappa shape index (κ2) is 6.29. The summed E-state index contributed by atoms with van der Waals surface area (Å²) >= 11 is 0. The molecule has 2 aromatic heterocycles. The van der Waals surface area contributed by atoms with Gasteiger partial charge in [0, 0.05) is 33.4 Å². The zero-order valence-corrected chi connectivity index (χ0v) is 14.7.